The fourth-order valence-electron chi connectivity index (χ4n) is 5.08. The Kier molecular flexibility index (Phi) is 6.87. The van der Waals surface area contributed by atoms with E-state index in [0.717, 1.165) is 18.9 Å². The number of piperidine rings is 1. The predicted octanol–water partition coefficient (Wildman–Crippen LogP) is 4.66. The van der Waals surface area contributed by atoms with E-state index in [-0.39, 0.29) is 52.4 Å². The number of methoxy groups -OCH3 is 1. The smallest absolute Gasteiger partial charge is 0.410 e. The second kappa shape index (κ2) is 9.87. The van der Waals surface area contributed by atoms with E-state index in [1.54, 1.807) is 0 Å². The molecule has 3 atom stereocenters. The molecule has 0 radical (unpaired) electrons. The Labute approximate surface area is 221 Å². The first kappa shape index (κ1) is 26.5. The summed E-state index contributed by atoms with van der Waals surface area (Å²) in [5.41, 5.74) is -0.570. The van der Waals surface area contributed by atoms with Crippen molar-refractivity contribution in [2.24, 2.45) is 0 Å². The van der Waals surface area contributed by atoms with Gasteiger partial charge in [0.15, 0.2) is 21.4 Å². The van der Waals surface area contributed by atoms with E-state index in [1.165, 1.54) is 25.6 Å². The number of fused-ring (bicyclic) bond motifs is 2. The summed E-state index contributed by atoms with van der Waals surface area (Å²) >= 11 is 0. The van der Waals surface area contributed by atoms with Crippen molar-refractivity contribution < 1.29 is 36.6 Å². The topological polar surface area (TPSA) is 117 Å². The molecule has 1 aromatic heterocycles. The molecular formula is C26H32FN3O7S. The average molecular weight is 550 g/mol. The molecule has 1 amide bonds. The van der Waals surface area contributed by atoms with Gasteiger partial charge in [0, 0.05) is 24.9 Å². The van der Waals surface area contributed by atoms with E-state index in [4.69, 9.17) is 18.9 Å². The Bertz CT molecular complexity index is 1310. The Balaban J connectivity index is 1.30. The summed E-state index contributed by atoms with van der Waals surface area (Å²) in [6.07, 6.45) is 4.80. The lowest BCUT2D eigenvalue weighted by atomic mass is 10.0. The molecular weight excluding hydrogens is 517 g/mol. The van der Waals surface area contributed by atoms with Gasteiger partial charge in [-0.05, 0) is 64.7 Å². The SMILES string of the molecule is COc1c(Oc2ccc(S(=O)(=O)C3CC3)cc2F)ncnc1O[C@H]1CC2CC[C@@H](C1)N2C(=O)OC(C)(C)C. The van der Waals surface area contributed by atoms with Crippen LogP contribution in [0.5, 0.6) is 23.3 Å². The highest BCUT2D eigenvalue weighted by Gasteiger charge is 2.46. The molecule has 12 heteroatoms. The minimum atomic E-state index is -3.53. The molecule has 1 unspecified atom stereocenters. The first-order valence-corrected chi connectivity index (χ1v) is 14.3. The van der Waals surface area contributed by atoms with Crippen molar-refractivity contribution in [1.82, 2.24) is 14.9 Å². The van der Waals surface area contributed by atoms with Crippen molar-refractivity contribution in [3.63, 3.8) is 0 Å². The maximum absolute atomic E-state index is 14.8. The summed E-state index contributed by atoms with van der Waals surface area (Å²) in [5.74, 6) is -0.875. The summed E-state index contributed by atoms with van der Waals surface area (Å²) < 4.78 is 62.6. The number of sulfone groups is 1. The number of rotatable bonds is 7. The molecule has 5 rings (SSSR count). The maximum Gasteiger partial charge on any atom is 0.410 e. The predicted molar refractivity (Wildman–Crippen MR) is 134 cm³/mol. The van der Waals surface area contributed by atoms with Crippen molar-refractivity contribution in [1.29, 1.82) is 0 Å². The lowest BCUT2D eigenvalue weighted by Gasteiger charge is -2.39. The summed E-state index contributed by atoms with van der Waals surface area (Å²) in [4.78, 5) is 22.8. The lowest BCUT2D eigenvalue weighted by molar-refractivity contribution is -0.00798. The van der Waals surface area contributed by atoms with Crippen molar-refractivity contribution in [3.05, 3.63) is 30.3 Å². The molecule has 10 nitrogen and oxygen atoms in total. The largest absolute Gasteiger partial charge is 0.487 e. The zero-order valence-corrected chi connectivity index (χ0v) is 22.7. The van der Waals surface area contributed by atoms with Gasteiger partial charge in [0.25, 0.3) is 11.8 Å². The fourth-order valence-corrected chi connectivity index (χ4v) is 6.75. The van der Waals surface area contributed by atoms with E-state index in [1.807, 2.05) is 25.7 Å². The van der Waals surface area contributed by atoms with Crippen LogP contribution in [0.15, 0.2) is 29.4 Å². The number of amides is 1. The molecule has 38 heavy (non-hydrogen) atoms. The average Bonchev–Trinajstić information content (AvgIpc) is 3.65. The lowest BCUT2D eigenvalue weighted by Crippen LogP contribution is -2.50. The molecule has 0 N–H and O–H groups in total. The number of ether oxygens (including phenoxy) is 4. The number of carbonyl (C=O) groups is 1. The third-order valence-electron chi connectivity index (χ3n) is 6.92. The Morgan fingerprint density at radius 3 is 2.29 bits per heavy atom. The van der Waals surface area contributed by atoms with Crippen LogP contribution in [0.2, 0.25) is 0 Å². The van der Waals surface area contributed by atoms with Gasteiger partial charge in [0.2, 0.25) is 5.75 Å². The first-order chi connectivity index (χ1) is 18.0. The van der Waals surface area contributed by atoms with E-state index in [0.29, 0.717) is 25.7 Å². The third-order valence-corrected chi connectivity index (χ3v) is 9.18. The van der Waals surface area contributed by atoms with Crippen LogP contribution >= 0.6 is 0 Å². The Morgan fingerprint density at radius 1 is 1.05 bits per heavy atom. The molecule has 2 aliphatic heterocycles. The van der Waals surface area contributed by atoms with Crippen LogP contribution < -0.4 is 14.2 Å². The van der Waals surface area contributed by atoms with Crippen molar-refractivity contribution >= 4 is 15.9 Å². The van der Waals surface area contributed by atoms with E-state index in [2.05, 4.69) is 9.97 Å². The normalized spacial score (nSPS) is 23.2. The fraction of sp³-hybridized carbons (Fsp3) is 0.577. The van der Waals surface area contributed by atoms with Crippen LogP contribution in [0, 0.1) is 5.82 Å². The first-order valence-electron chi connectivity index (χ1n) is 12.7. The highest BCUT2D eigenvalue weighted by molar-refractivity contribution is 7.92. The second-order valence-corrected chi connectivity index (χ2v) is 13.2. The Morgan fingerprint density at radius 2 is 1.71 bits per heavy atom. The number of nitrogens with zero attached hydrogens (tertiary/aromatic N) is 3. The van der Waals surface area contributed by atoms with Crippen LogP contribution in [0.1, 0.15) is 59.3 Å². The van der Waals surface area contributed by atoms with E-state index >= 15 is 0 Å². The van der Waals surface area contributed by atoms with Gasteiger partial charge in [-0.2, -0.15) is 9.97 Å². The number of aromatic nitrogens is 2. The van der Waals surface area contributed by atoms with Gasteiger partial charge in [-0.25, -0.2) is 17.6 Å². The molecule has 1 saturated carbocycles. The Hall–Kier alpha value is -3.15. The van der Waals surface area contributed by atoms with E-state index < -0.39 is 26.5 Å². The number of carbonyl (C=O) groups excluding carboxylic acids is 1. The van der Waals surface area contributed by atoms with Crippen LogP contribution in [-0.4, -0.2) is 65.5 Å². The van der Waals surface area contributed by atoms with Gasteiger partial charge in [0.1, 0.15) is 18.0 Å². The van der Waals surface area contributed by atoms with Crippen molar-refractivity contribution in [2.75, 3.05) is 7.11 Å². The van der Waals surface area contributed by atoms with Crippen molar-refractivity contribution in [3.8, 4) is 23.3 Å². The molecule has 3 fully saturated rings. The molecule has 1 aliphatic carbocycles. The number of hydrogen-bond donors (Lipinski definition) is 0. The molecule has 3 heterocycles. The minimum absolute atomic E-state index is 0.00307. The highest BCUT2D eigenvalue weighted by atomic mass is 32.2. The molecule has 0 spiro atoms. The van der Waals surface area contributed by atoms with E-state index in [9.17, 15) is 17.6 Å². The van der Waals surface area contributed by atoms with Gasteiger partial charge in [-0.1, -0.05) is 0 Å². The van der Waals surface area contributed by atoms with Gasteiger partial charge in [-0.15, -0.1) is 0 Å². The standard InChI is InChI=1S/C26H32FN3O7S/c1-26(2,3)37-25(31)30-15-5-6-16(30)12-17(11-15)35-23-22(34-4)24(29-14-28-23)36-21-10-9-19(13-20(21)27)38(32,33)18-7-8-18/h9-10,13-18H,5-8,11-12H2,1-4H3/t15-,16?,17+/m0/s1. The number of hydrogen-bond acceptors (Lipinski definition) is 9. The van der Waals surface area contributed by atoms with Crippen LogP contribution in [-0.2, 0) is 14.6 Å². The third kappa shape index (κ3) is 5.36. The highest BCUT2D eigenvalue weighted by Crippen LogP contribution is 2.42. The maximum atomic E-state index is 14.8. The summed E-state index contributed by atoms with van der Waals surface area (Å²) in [6.45, 7) is 5.54. The second-order valence-electron chi connectivity index (χ2n) is 10.9. The zero-order chi connectivity index (χ0) is 27.2. The van der Waals surface area contributed by atoms with Crippen LogP contribution in [0.3, 0.4) is 0 Å². The summed E-state index contributed by atoms with van der Waals surface area (Å²) in [6, 6.07) is 3.54. The van der Waals surface area contributed by atoms with Gasteiger partial charge in [0.05, 0.1) is 17.3 Å². The zero-order valence-electron chi connectivity index (χ0n) is 21.8. The quantitative estimate of drug-likeness (QED) is 0.486. The number of halogens is 1. The van der Waals surface area contributed by atoms with Crippen LogP contribution in [0.25, 0.3) is 0 Å². The van der Waals surface area contributed by atoms with Gasteiger partial charge >= 0.3 is 6.09 Å². The molecule has 2 aromatic rings. The van der Waals surface area contributed by atoms with Crippen molar-refractivity contribution in [2.45, 2.75) is 93.2 Å². The molecule has 2 saturated heterocycles. The number of benzene rings is 1. The molecule has 206 valence electrons. The van der Waals surface area contributed by atoms with Crippen LogP contribution in [0.4, 0.5) is 9.18 Å². The monoisotopic (exact) mass is 549 g/mol. The van der Waals surface area contributed by atoms with Gasteiger partial charge in [-0.3, -0.25) is 0 Å². The minimum Gasteiger partial charge on any atom is -0.487 e. The molecule has 1 aromatic carbocycles. The molecule has 3 aliphatic rings. The molecule has 2 bridgehead atoms. The van der Waals surface area contributed by atoms with Gasteiger partial charge < -0.3 is 23.8 Å². The summed E-state index contributed by atoms with van der Waals surface area (Å²) in [7, 11) is -2.14. The summed E-state index contributed by atoms with van der Waals surface area (Å²) in [5, 5.41) is -0.443.